The van der Waals surface area contributed by atoms with Gasteiger partial charge in [0.2, 0.25) is 0 Å². The third-order valence-electron chi connectivity index (χ3n) is 4.73. The number of furan rings is 1. The molecule has 132 valence electrons. The molecule has 4 nitrogen and oxygen atoms in total. The summed E-state index contributed by atoms with van der Waals surface area (Å²) in [6.07, 6.45) is 2.62. The van der Waals surface area contributed by atoms with E-state index in [1.807, 2.05) is 24.3 Å². The molecule has 0 bridgehead atoms. The zero-order valence-electron chi connectivity index (χ0n) is 14.2. The van der Waals surface area contributed by atoms with Crippen molar-refractivity contribution in [1.29, 1.82) is 0 Å². The van der Waals surface area contributed by atoms with Gasteiger partial charge in [-0.15, -0.1) is 0 Å². The molecule has 0 unspecified atom stereocenters. The van der Waals surface area contributed by atoms with Gasteiger partial charge in [-0.05, 0) is 54.4 Å². The predicted octanol–water partition coefficient (Wildman–Crippen LogP) is 3.95. The van der Waals surface area contributed by atoms with Crippen LogP contribution in [0.3, 0.4) is 0 Å². The molecule has 26 heavy (non-hydrogen) atoms. The Morgan fingerprint density at radius 1 is 1.12 bits per heavy atom. The molecule has 2 heterocycles. The van der Waals surface area contributed by atoms with Gasteiger partial charge in [-0.3, -0.25) is 4.79 Å². The number of nitrogens with zero attached hydrogens (tertiary/aromatic N) is 1. The van der Waals surface area contributed by atoms with E-state index in [0.29, 0.717) is 12.1 Å². The minimum Gasteiger partial charge on any atom is -0.467 e. The van der Waals surface area contributed by atoms with E-state index in [-0.39, 0.29) is 17.8 Å². The van der Waals surface area contributed by atoms with Gasteiger partial charge < -0.3 is 14.6 Å². The summed E-state index contributed by atoms with van der Waals surface area (Å²) in [5.41, 5.74) is 2.91. The summed E-state index contributed by atoms with van der Waals surface area (Å²) in [6.45, 7) is 1.27. The van der Waals surface area contributed by atoms with Crippen LogP contribution in [0.25, 0.3) is 0 Å². The molecule has 1 aliphatic heterocycles. The van der Waals surface area contributed by atoms with Gasteiger partial charge in [0.05, 0.1) is 6.26 Å². The monoisotopic (exact) mass is 350 g/mol. The van der Waals surface area contributed by atoms with Gasteiger partial charge in [0.25, 0.3) is 5.91 Å². The molecular weight excluding hydrogens is 331 g/mol. The molecule has 0 spiro atoms. The first-order valence-corrected chi connectivity index (χ1v) is 8.64. The average Bonchev–Trinajstić information content (AvgIpc) is 3.33. The predicted molar refractivity (Wildman–Crippen MR) is 97.7 cm³/mol. The molecule has 1 aromatic heterocycles. The number of anilines is 1. The Hall–Kier alpha value is -3.08. The quantitative estimate of drug-likeness (QED) is 0.758. The van der Waals surface area contributed by atoms with Crippen LogP contribution in [0.15, 0.2) is 71.3 Å². The Kier molecular flexibility index (Phi) is 4.44. The van der Waals surface area contributed by atoms with Crippen molar-refractivity contribution in [2.45, 2.75) is 12.5 Å². The fourth-order valence-electron chi connectivity index (χ4n) is 3.43. The highest BCUT2D eigenvalue weighted by Crippen LogP contribution is 2.34. The van der Waals surface area contributed by atoms with Gasteiger partial charge in [-0.25, -0.2) is 4.39 Å². The summed E-state index contributed by atoms with van der Waals surface area (Å²) in [7, 11) is 0. The van der Waals surface area contributed by atoms with Gasteiger partial charge in [0.15, 0.2) is 0 Å². The second-order valence-electron chi connectivity index (χ2n) is 6.32. The largest absolute Gasteiger partial charge is 0.467 e. The number of hydrogen-bond donors (Lipinski definition) is 1. The Balaban J connectivity index is 1.54. The third-order valence-corrected chi connectivity index (χ3v) is 4.73. The van der Waals surface area contributed by atoms with E-state index in [9.17, 15) is 9.18 Å². The molecule has 0 saturated carbocycles. The van der Waals surface area contributed by atoms with Crippen LogP contribution in [-0.4, -0.2) is 19.0 Å². The molecule has 1 amide bonds. The summed E-state index contributed by atoms with van der Waals surface area (Å²) in [6, 6.07) is 17.5. The molecule has 0 radical (unpaired) electrons. The second kappa shape index (κ2) is 7.04. The van der Waals surface area contributed by atoms with Gasteiger partial charge in [0, 0.05) is 24.3 Å². The molecule has 0 aliphatic carbocycles. The van der Waals surface area contributed by atoms with Crippen molar-refractivity contribution in [3.63, 3.8) is 0 Å². The number of rotatable bonds is 5. The van der Waals surface area contributed by atoms with Crippen LogP contribution in [0.1, 0.15) is 27.7 Å². The number of nitrogens with one attached hydrogen (secondary N) is 1. The highest BCUT2D eigenvalue weighted by Gasteiger charge is 2.29. The number of carbonyl (C=O) groups excluding carboxylic acids is 1. The standard InChI is InChI=1S/C21H19FN2O2/c22-17-9-7-16(8-10-17)21(25)23-14-19(20-6-3-13-26-20)24-12-11-15-4-1-2-5-18(15)24/h1-10,13,19H,11-12,14H2,(H,23,25)/t19-/m0/s1. The molecule has 0 fully saturated rings. The summed E-state index contributed by atoms with van der Waals surface area (Å²) < 4.78 is 18.7. The molecule has 5 heteroatoms. The van der Waals surface area contributed by atoms with E-state index < -0.39 is 0 Å². The van der Waals surface area contributed by atoms with Gasteiger partial charge in [-0.2, -0.15) is 0 Å². The number of carbonyl (C=O) groups is 1. The number of benzene rings is 2. The molecule has 0 saturated heterocycles. The van der Waals surface area contributed by atoms with Crippen molar-refractivity contribution < 1.29 is 13.6 Å². The number of halogens is 1. The van der Waals surface area contributed by atoms with Crippen molar-refractivity contribution >= 4 is 11.6 Å². The number of amides is 1. The average molecular weight is 350 g/mol. The van der Waals surface area contributed by atoms with Crippen LogP contribution in [0.5, 0.6) is 0 Å². The zero-order valence-corrected chi connectivity index (χ0v) is 14.2. The fraction of sp³-hybridized carbons (Fsp3) is 0.190. The van der Waals surface area contributed by atoms with Gasteiger partial charge in [0.1, 0.15) is 17.6 Å². The topological polar surface area (TPSA) is 45.5 Å². The summed E-state index contributed by atoms with van der Waals surface area (Å²) in [4.78, 5) is 14.7. The van der Waals surface area contributed by atoms with Crippen LogP contribution in [0.4, 0.5) is 10.1 Å². The first-order valence-electron chi connectivity index (χ1n) is 8.64. The van der Waals surface area contributed by atoms with E-state index >= 15 is 0 Å². The highest BCUT2D eigenvalue weighted by atomic mass is 19.1. The maximum absolute atomic E-state index is 13.0. The Bertz CT molecular complexity index is 891. The minimum atomic E-state index is -0.358. The molecular formula is C21H19FN2O2. The zero-order chi connectivity index (χ0) is 17.9. The van der Waals surface area contributed by atoms with E-state index in [0.717, 1.165) is 18.7 Å². The first-order chi connectivity index (χ1) is 12.7. The van der Waals surface area contributed by atoms with Crippen molar-refractivity contribution in [3.8, 4) is 0 Å². The lowest BCUT2D eigenvalue weighted by atomic mass is 10.1. The summed E-state index contributed by atoms with van der Waals surface area (Å²) in [5, 5.41) is 2.95. The number of hydrogen-bond acceptors (Lipinski definition) is 3. The van der Waals surface area contributed by atoms with E-state index in [1.165, 1.54) is 35.5 Å². The lowest BCUT2D eigenvalue weighted by Crippen LogP contribution is -2.37. The van der Waals surface area contributed by atoms with Gasteiger partial charge >= 0.3 is 0 Å². The number of para-hydroxylation sites is 1. The maximum Gasteiger partial charge on any atom is 0.251 e. The summed E-state index contributed by atoms with van der Waals surface area (Å²) in [5.74, 6) is 0.221. The first kappa shape index (κ1) is 16.4. The van der Waals surface area contributed by atoms with Crippen molar-refractivity contribution in [2.24, 2.45) is 0 Å². The third kappa shape index (κ3) is 3.20. The van der Waals surface area contributed by atoms with Crippen LogP contribution >= 0.6 is 0 Å². The van der Waals surface area contributed by atoms with E-state index in [4.69, 9.17) is 4.42 Å². The van der Waals surface area contributed by atoms with Crippen molar-refractivity contribution in [3.05, 3.63) is 89.6 Å². The van der Waals surface area contributed by atoms with Crippen LogP contribution in [0, 0.1) is 5.82 Å². The van der Waals surface area contributed by atoms with Crippen LogP contribution in [-0.2, 0) is 6.42 Å². The van der Waals surface area contributed by atoms with Crippen LogP contribution < -0.4 is 10.2 Å². The lowest BCUT2D eigenvalue weighted by Gasteiger charge is -2.29. The number of fused-ring (bicyclic) bond motifs is 1. The highest BCUT2D eigenvalue weighted by molar-refractivity contribution is 5.94. The maximum atomic E-state index is 13.0. The minimum absolute atomic E-state index is 0.0990. The van der Waals surface area contributed by atoms with Crippen LogP contribution in [0.2, 0.25) is 0 Å². The second-order valence-corrected chi connectivity index (χ2v) is 6.32. The molecule has 4 rings (SSSR count). The van der Waals surface area contributed by atoms with Crippen molar-refractivity contribution in [2.75, 3.05) is 18.0 Å². The Morgan fingerprint density at radius 2 is 1.92 bits per heavy atom. The molecule has 1 N–H and O–H groups in total. The van der Waals surface area contributed by atoms with Gasteiger partial charge in [-0.1, -0.05) is 18.2 Å². The van der Waals surface area contributed by atoms with Crippen molar-refractivity contribution in [1.82, 2.24) is 5.32 Å². The Morgan fingerprint density at radius 3 is 2.69 bits per heavy atom. The Labute approximate surface area is 151 Å². The summed E-state index contributed by atoms with van der Waals surface area (Å²) >= 11 is 0. The molecule has 2 aromatic carbocycles. The molecule has 1 atom stereocenters. The van der Waals surface area contributed by atoms with E-state index in [2.05, 4.69) is 22.3 Å². The normalized spacial score (nSPS) is 14.1. The molecule has 1 aliphatic rings. The lowest BCUT2D eigenvalue weighted by molar-refractivity contribution is 0.0950. The molecule has 3 aromatic rings. The van der Waals surface area contributed by atoms with E-state index in [1.54, 1.807) is 6.26 Å². The SMILES string of the molecule is O=C(NC[C@@H](c1ccco1)N1CCc2ccccc21)c1ccc(F)cc1. The smallest absolute Gasteiger partial charge is 0.251 e. The fourth-order valence-corrected chi connectivity index (χ4v) is 3.43.